The molecule has 7 nitrogen and oxygen atoms in total. The van der Waals surface area contributed by atoms with Crippen LogP contribution in [0.1, 0.15) is 115 Å². The van der Waals surface area contributed by atoms with Crippen LogP contribution in [0.25, 0.3) is 0 Å². The number of fused-ring (bicyclic) bond motifs is 1. The summed E-state index contributed by atoms with van der Waals surface area (Å²) in [7, 11) is 5.62. The van der Waals surface area contributed by atoms with Crippen molar-refractivity contribution in [3.05, 3.63) is 76.9 Å². The second-order valence-electron chi connectivity index (χ2n) is 13.5. The van der Waals surface area contributed by atoms with Gasteiger partial charge in [0.05, 0.1) is 19.3 Å². The number of rotatable bonds is 16. The van der Waals surface area contributed by atoms with Gasteiger partial charge in [-0.1, -0.05) is 45.9 Å². The summed E-state index contributed by atoms with van der Waals surface area (Å²) in [4.78, 5) is 21.2. The predicted molar refractivity (Wildman–Crippen MR) is 201 cm³/mol. The van der Waals surface area contributed by atoms with Crippen molar-refractivity contribution in [2.45, 2.75) is 118 Å². The number of hydrogen-bond acceptors (Lipinski definition) is 7. The molecule has 5 atom stereocenters. The lowest BCUT2D eigenvalue weighted by atomic mass is 9.78. The van der Waals surface area contributed by atoms with Gasteiger partial charge in [-0.2, -0.15) is 0 Å². The number of methoxy groups -OCH3 is 1. The molecule has 262 valence electrons. The fourth-order valence-electron chi connectivity index (χ4n) is 7.10. The Morgan fingerprint density at radius 1 is 0.688 bits per heavy atom. The maximum Gasteiger partial charge on any atom is 0.340 e. The first-order chi connectivity index (χ1) is 22.9. The highest BCUT2D eigenvalue weighted by atomic mass is 16.6. The van der Waals surface area contributed by atoms with E-state index >= 15 is 0 Å². The number of carbonyl (C=O) groups is 1. The fraction of sp³-hybridized carbons (Fsp3) is 0.537. The number of carbonyl (C=O) groups excluding carboxylic acids is 1. The molecule has 0 N–H and O–H groups in total. The summed E-state index contributed by atoms with van der Waals surface area (Å²) >= 11 is 0. The number of anilines is 3. The molecule has 7 heteroatoms. The monoisotopic (exact) mass is 657 g/mol. The molecule has 1 aliphatic rings. The predicted octanol–water partition coefficient (Wildman–Crippen LogP) is 9.43. The molecule has 48 heavy (non-hydrogen) atoms. The van der Waals surface area contributed by atoms with Crippen LogP contribution in [0.5, 0.6) is 11.5 Å². The van der Waals surface area contributed by atoms with Gasteiger partial charge < -0.3 is 28.9 Å². The molecule has 0 radical (unpaired) electrons. The highest BCUT2D eigenvalue weighted by Crippen LogP contribution is 2.53. The normalized spacial score (nSPS) is 18.0. The topological polar surface area (TPSA) is 54.5 Å². The highest BCUT2D eigenvalue weighted by Gasteiger charge is 2.51. The molecule has 1 aliphatic heterocycles. The Bertz CT molecular complexity index is 1530. The first-order valence-corrected chi connectivity index (χ1v) is 18.0. The lowest BCUT2D eigenvalue weighted by Crippen LogP contribution is -2.43. The fourth-order valence-corrected chi connectivity index (χ4v) is 7.10. The summed E-state index contributed by atoms with van der Waals surface area (Å²) in [6, 6.07) is 20.0. The minimum absolute atomic E-state index is 0.245. The van der Waals surface area contributed by atoms with Crippen molar-refractivity contribution in [1.82, 2.24) is 0 Å². The number of benzene rings is 3. The zero-order chi connectivity index (χ0) is 35.3. The number of cyclic esters (lactones) is 1. The van der Waals surface area contributed by atoms with E-state index in [2.05, 4.69) is 95.5 Å². The molecule has 0 spiro atoms. The number of nitrogens with zero attached hydrogens (tertiary/aromatic N) is 3. The summed E-state index contributed by atoms with van der Waals surface area (Å²) in [5, 5.41) is 0. The van der Waals surface area contributed by atoms with Crippen LogP contribution < -0.4 is 24.2 Å². The number of hydrogen-bond donors (Lipinski definition) is 0. The van der Waals surface area contributed by atoms with Crippen LogP contribution in [0, 0.1) is 0 Å². The van der Waals surface area contributed by atoms with E-state index in [1.165, 1.54) is 5.69 Å². The third kappa shape index (κ3) is 6.70. The summed E-state index contributed by atoms with van der Waals surface area (Å²) in [6.45, 7) is 20.7. The second kappa shape index (κ2) is 15.6. The zero-order valence-electron chi connectivity index (χ0n) is 31.5. The molecule has 3 aromatic rings. The molecular weight excluding hydrogens is 598 g/mol. The quantitative estimate of drug-likeness (QED) is 0.142. The Morgan fingerprint density at radius 3 is 1.79 bits per heavy atom. The Balaban J connectivity index is 2.18. The van der Waals surface area contributed by atoms with Gasteiger partial charge in [0.1, 0.15) is 0 Å². The van der Waals surface area contributed by atoms with Crippen LogP contribution in [-0.4, -0.2) is 57.9 Å². The smallest absolute Gasteiger partial charge is 0.340 e. The molecule has 0 aromatic heterocycles. The van der Waals surface area contributed by atoms with Crippen LogP contribution in [-0.2, 0) is 10.3 Å². The van der Waals surface area contributed by atoms with Crippen molar-refractivity contribution in [3.63, 3.8) is 0 Å². The lowest BCUT2D eigenvalue weighted by Gasteiger charge is -2.43. The van der Waals surface area contributed by atoms with Gasteiger partial charge in [-0.3, -0.25) is 0 Å². The van der Waals surface area contributed by atoms with E-state index in [1.54, 1.807) is 7.11 Å². The molecule has 0 amide bonds. The summed E-state index contributed by atoms with van der Waals surface area (Å²) in [5.74, 6) is 0.916. The average Bonchev–Trinajstić information content (AvgIpc) is 3.40. The maximum atomic E-state index is 14.1. The largest absolute Gasteiger partial charge is 0.493 e. The van der Waals surface area contributed by atoms with E-state index in [0.29, 0.717) is 35.8 Å². The number of esters is 1. The molecule has 4 rings (SSSR count). The van der Waals surface area contributed by atoms with Gasteiger partial charge in [0.15, 0.2) is 17.1 Å². The zero-order valence-corrected chi connectivity index (χ0v) is 31.5. The molecule has 3 aromatic carbocycles. The maximum absolute atomic E-state index is 14.1. The van der Waals surface area contributed by atoms with Crippen LogP contribution in [0.4, 0.5) is 17.1 Å². The van der Waals surface area contributed by atoms with Crippen LogP contribution in [0.3, 0.4) is 0 Å². The van der Waals surface area contributed by atoms with Gasteiger partial charge in [0.25, 0.3) is 0 Å². The van der Waals surface area contributed by atoms with Crippen molar-refractivity contribution >= 4 is 23.0 Å². The Morgan fingerprint density at radius 2 is 1.25 bits per heavy atom. The van der Waals surface area contributed by atoms with Crippen molar-refractivity contribution < 1.29 is 19.0 Å². The average molecular weight is 658 g/mol. The molecule has 1 heterocycles. The van der Waals surface area contributed by atoms with Gasteiger partial charge in [0.2, 0.25) is 0 Å². The Labute approximate surface area is 290 Å². The first-order valence-electron chi connectivity index (χ1n) is 18.0. The molecule has 0 aliphatic carbocycles. The Kier molecular flexibility index (Phi) is 12.0. The lowest BCUT2D eigenvalue weighted by molar-refractivity contribution is 0.0251. The standard InChI is InChI=1S/C41H59N3O4/c1-13-27(6)43(28(7)14-2)33-20-22-36(37(26-33)44(29(8)15-3)30(9)16-4)41(31-18-23-38(46-12)39(24-31)47-17-5)35-21-19-32(42(10)11)25-34(35)40(45)48-41/h18-30H,13-17H2,1-12H3. The minimum atomic E-state index is -1.22. The highest BCUT2D eigenvalue weighted by molar-refractivity contribution is 5.98. The molecule has 5 unspecified atom stereocenters. The molecule has 0 fully saturated rings. The molecule has 0 bridgehead atoms. The van der Waals surface area contributed by atoms with E-state index in [1.807, 2.05) is 50.2 Å². The van der Waals surface area contributed by atoms with Crippen molar-refractivity contribution in [2.24, 2.45) is 0 Å². The molecular formula is C41H59N3O4. The van der Waals surface area contributed by atoms with Gasteiger partial charge in [-0.25, -0.2) is 4.79 Å². The molecule has 0 saturated carbocycles. The summed E-state index contributed by atoms with van der Waals surface area (Å²) < 4.78 is 18.6. The van der Waals surface area contributed by atoms with Crippen molar-refractivity contribution in [3.8, 4) is 11.5 Å². The van der Waals surface area contributed by atoms with Crippen LogP contribution in [0.15, 0.2) is 54.6 Å². The van der Waals surface area contributed by atoms with E-state index in [-0.39, 0.29) is 18.1 Å². The summed E-state index contributed by atoms with van der Waals surface area (Å²) in [5.41, 5.74) is 5.15. The van der Waals surface area contributed by atoms with E-state index in [0.717, 1.165) is 53.7 Å². The van der Waals surface area contributed by atoms with E-state index in [4.69, 9.17) is 14.2 Å². The minimum Gasteiger partial charge on any atom is -0.493 e. The van der Waals surface area contributed by atoms with Gasteiger partial charge in [0, 0.05) is 72.0 Å². The SMILES string of the molecule is CCOc1cc(C2(c3ccc(N(C(C)CC)C(C)CC)cc3N(C(C)CC)C(C)CC)OC(=O)c3cc(N(C)C)ccc32)ccc1OC. The Hall–Kier alpha value is -3.87. The van der Waals surface area contributed by atoms with Gasteiger partial charge in [-0.15, -0.1) is 0 Å². The van der Waals surface area contributed by atoms with E-state index in [9.17, 15) is 4.79 Å². The molecule has 0 saturated heterocycles. The first kappa shape index (κ1) is 37.0. The second-order valence-corrected chi connectivity index (χ2v) is 13.5. The van der Waals surface area contributed by atoms with Crippen LogP contribution >= 0.6 is 0 Å². The van der Waals surface area contributed by atoms with Crippen LogP contribution in [0.2, 0.25) is 0 Å². The van der Waals surface area contributed by atoms with Crippen molar-refractivity contribution in [1.29, 1.82) is 0 Å². The third-order valence-electron chi connectivity index (χ3n) is 10.4. The number of ether oxygens (including phenoxy) is 3. The van der Waals surface area contributed by atoms with Gasteiger partial charge >= 0.3 is 5.97 Å². The van der Waals surface area contributed by atoms with E-state index < -0.39 is 5.60 Å². The summed E-state index contributed by atoms with van der Waals surface area (Å²) in [6.07, 6.45) is 4.02. The third-order valence-corrected chi connectivity index (χ3v) is 10.4. The van der Waals surface area contributed by atoms with Crippen molar-refractivity contribution in [2.75, 3.05) is 42.5 Å². The van der Waals surface area contributed by atoms with Gasteiger partial charge in [-0.05, 0) is 96.7 Å².